The third kappa shape index (κ3) is 4.73. The number of nitrogens with zero attached hydrogens (tertiary/aromatic N) is 3. The van der Waals surface area contributed by atoms with E-state index in [-0.39, 0.29) is 5.91 Å². The summed E-state index contributed by atoms with van der Waals surface area (Å²) in [6, 6.07) is 14.0. The fraction of sp³-hybridized carbons (Fsp3) is 0.185. The molecule has 4 aromatic rings. The van der Waals surface area contributed by atoms with E-state index in [0.29, 0.717) is 24.5 Å². The van der Waals surface area contributed by atoms with Crippen molar-refractivity contribution in [1.29, 1.82) is 0 Å². The predicted molar refractivity (Wildman–Crippen MR) is 138 cm³/mol. The van der Waals surface area contributed by atoms with Gasteiger partial charge < -0.3 is 16.8 Å². The average molecular weight is 453 g/mol. The Morgan fingerprint density at radius 2 is 1.91 bits per heavy atom. The lowest BCUT2D eigenvalue weighted by Gasteiger charge is -2.15. The number of pyridine rings is 2. The number of aromatic nitrogens is 2. The number of hydrogen-bond donors (Lipinski definition) is 3. The SMILES string of the molecule is Cc1ccc2cc(CN=C/C(=C\N)C(=O)NCc3c(C)cc4c(N)nccc4c3C)ccc2n1. The van der Waals surface area contributed by atoms with Crippen molar-refractivity contribution in [2.45, 2.75) is 33.9 Å². The molecular formula is C27H28N6O. The third-order valence-corrected chi connectivity index (χ3v) is 5.98. The fourth-order valence-corrected chi connectivity index (χ4v) is 4.07. The van der Waals surface area contributed by atoms with Crippen LogP contribution in [0, 0.1) is 20.8 Å². The third-order valence-electron chi connectivity index (χ3n) is 5.98. The molecule has 34 heavy (non-hydrogen) atoms. The molecule has 2 aromatic carbocycles. The second kappa shape index (κ2) is 9.70. The van der Waals surface area contributed by atoms with E-state index < -0.39 is 0 Å². The second-order valence-corrected chi connectivity index (χ2v) is 8.34. The summed E-state index contributed by atoms with van der Waals surface area (Å²) >= 11 is 0. The number of nitrogens with one attached hydrogen (secondary N) is 1. The maximum Gasteiger partial charge on any atom is 0.254 e. The Labute approximate surface area is 198 Å². The highest BCUT2D eigenvalue weighted by Crippen LogP contribution is 2.27. The van der Waals surface area contributed by atoms with Crippen molar-refractivity contribution in [3.8, 4) is 0 Å². The Kier molecular flexibility index (Phi) is 6.54. The van der Waals surface area contributed by atoms with Crippen LogP contribution in [-0.2, 0) is 17.9 Å². The molecule has 0 atom stereocenters. The van der Waals surface area contributed by atoms with E-state index in [4.69, 9.17) is 11.5 Å². The highest BCUT2D eigenvalue weighted by Gasteiger charge is 2.12. The molecule has 0 fully saturated rings. The Balaban J connectivity index is 1.43. The van der Waals surface area contributed by atoms with Gasteiger partial charge in [-0.15, -0.1) is 0 Å². The van der Waals surface area contributed by atoms with Gasteiger partial charge in [0, 0.05) is 41.6 Å². The van der Waals surface area contributed by atoms with Crippen molar-refractivity contribution < 1.29 is 4.79 Å². The first-order valence-corrected chi connectivity index (χ1v) is 11.1. The smallest absolute Gasteiger partial charge is 0.254 e. The van der Waals surface area contributed by atoms with Gasteiger partial charge in [0.2, 0.25) is 0 Å². The number of benzene rings is 2. The number of hydrogen-bond acceptors (Lipinski definition) is 6. The summed E-state index contributed by atoms with van der Waals surface area (Å²) in [6.45, 7) is 6.81. The van der Waals surface area contributed by atoms with Crippen molar-refractivity contribution in [2.24, 2.45) is 10.7 Å². The molecular weight excluding hydrogens is 424 g/mol. The van der Waals surface area contributed by atoms with E-state index in [1.165, 1.54) is 12.4 Å². The van der Waals surface area contributed by atoms with Gasteiger partial charge in [-0.25, -0.2) is 4.98 Å². The number of carbonyl (C=O) groups excluding carboxylic acids is 1. The summed E-state index contributed by atoms with van der Waals surface area (Å²) in [5.41, 5.74) is 18.2. The highest BCUT2D eigenvalue weighted by atomic mass is 16.1. The van der Waals surface area contributed by atoms with E-state index in [2.05, 4.69) is 26.3 Å². The summed E-state index contributed by atoms with van der Waals surface area (Å²) in [4.78, 5) is 25.9. The first-order chi connectivity index (χ1) is 16.4. The van der Waals surface area contributed by atoms with Gasteiger partial charge in [0.15, 0.2) is 0 Å². The lowest BCUT2D eigenvalue weighted by molar-refractivity contribution is -0.117. The minimum atomic E-state index is -0.280. The average Bonchev–Trinajstić information content (AvgIpc) is 2.82. The molecule has 7 nitrogen and oxygen atoms in total. The minimum Gasteiger partial charge on any atom is -0.404 e. The van der Waals surface area contributed by atoms with Gasteiger partial charge >= 0.3 is 0 Å². The van der Waals surface area contributed by atoms with Crippen LogP contribution in [0.15, 0.2) is 65.4 Å². The van der Waals surface area contributed by atoms with Gasteiger partial charge in [0.1, 0.15) is 5.82 Å². The van der Waals surface area contributed by atoms with E-state index in [1.807, 2.05) is 57.2 Å². The molecule has 4 rings (SSSR count). The molecule has 0 aliphatic carbocycles. The van der Waals surface area contributed by atoms with Crippen LogP contribution in [0.4, 0.5) is 5.82 Å². The maximum absolute atomic E-state index is 12.7. The number of aryl methyl sites for hydroxylation is 3. The van der Waals surface area contributed by atoms with Crippen LogP contribution in [0.1, 0.15) is 27.9 Å². The number of anilines is 1. The van der Waals surface area contributed by atoms with Gasteiger partial charge in [0.25, 0.3) is 5.91 Å². The van der Waals surface area contributed by atoms with Crippen LogP contribution in [0.2, 0.25) is 0 Å². The lowest BCUT2D eigenvalue weighted by Crippen LogP contribution is -2.26. The first kappa shape index (κ1) is 22.9. The molecule has 2 aromatic heterocycles. The Hall–Kier alpha value is -4.26. The van der Waals surface area contributed by atoms with Gasteiger partial charge in [-0.05, 0) is 78.7 Å². The molecule has 0 spiro atoms. The topological polar surface area (TPSA) is 119 Å². The molecule has 0 radical (unpaired) electrons. The maximum atomic E-state index is 12.7. The van der Waals surface area contributed by atoms with Crippen LogP contribution in [-0.4, -0.2) is 22.1 Å². The Morgan fingerprint density at radius 1 is 1.09 bits per heavy atom. The Morgan fingerprint density at radius 3 is 2.71 bits per heavy atom. The molecule has 0 saturated carbocycles. The van der Waals surface area contributed by atoms with Crippen LogP contribution < -0.4 is 16.8 Å². The largest absolute Gasteiger partial charge is 0.404 e. The number of fused-ring (bicyclic) bond motifs is 2. The summed E-state index contributed by atoms with van der Waals surface area (Å²) in [5, 5.41) is 5.96. The standard InChI is InChI=1S/C27H28N6O/c1-16-10-23-22(8-9-31-26(23)29)18(3)24(16)15-32-27(34)21(12-28)14-30-13-19-5-7-25-20(11-19)6-4-17(2)33-25/h4-12,14H,13,15,28H2,1-3H3,(H2,29,31)(H,32,34)/b21-12+,30-14?. The fourth-order valence-electron chi connectivity index (χ4n) is 4.07. The van der Waals surface area contributed by atoms with E-state index >= 15 is 0 Å². The number of nitrogens with two attached hydrogens (primary N) is 2. The van der Waals surface area contributed by atoms with E-state index in [1.54, 1.807) is 6.20 Å². The predicted octanol–water partition coefficient (Wildman–Crippen LogP) is 4.02. The quantitative estimate of drug-likeness (QED) is 0.301. The van der Waals surface area contributed by atoms with Gasteiger partial charge in [-0.1, -0.05) is 12.1 Å². The van der Waals surface area contributed by atoms with Crippen LogP contribution in [0.25, 0.3) is 21.7 Å². The van der Waals surface area contributed by atoms with Crippen molar-refractivity contribution in [1.82, 2.24) is 15.3 Å². The molecule has 7 heteroatoms. The zero-order chi connectivity index (χ0) is 24.2. The molecule has 0 bridgehead atoms. The molecule has 5 N–H and O–H groups in total. The second-order valence-electron chi connectivity index (χ2n) is 8.34. The van der Waals surface area contributed by atoms with Gasteiger partial charge in [-0.3, -0.25) is 14.8 Å². The number of amides is 1. The molecule has 1 amide bonds. The molecule has 0 saturated heterocycles. The zero-order valence-electron chi connectivity index (χ0n) is 19.6. The highest BCUT2D eigenvalue weighted by molar-refractivity contribution is 6.12. The van der Waals surface area contributed by atoms with Gasteiger partial charge in [-0.2, -0.15) is 0 Å². The van der Waals surface area contributed by atoms with E-state index in [0.717, 1.165) is 49.6 Å². The first-order valence-electron chi connectivity index (χ1n) is 11.1. The number of aliphatic imine (C=N–C) groups is 1. The molecule has 0 unspecified atom stereocenters. The number of nitrogen functional groups attached to an aromatic ring is 1. The molecule has 2 heterocycles. The monoisotopic (exact) mass is 452 g/mol. The normalized spacial score (nSPS) is 12.0. The number of carbonyl (C=O) groups is 1. The lowest BCUT2D eigenvalue weighted by atomic mass is 9.96. The van der Waals surface area contributed by atoms with Crippen LogP contribution in [0.5, 0.6) is 0 Å². The molecule has 172 valence electrons. The summed E-state index contributed by atoms with van der Waals surface area (Å²) in [6.07, 6.45) is 4.49. The molecule has 0 aliphatic heterocycles. The van der Waals surface area contributed by atoms with Crippen molar-refractivity contribution in [3.63, 3.8) is 0 Å². The van der Waals surface area contributed by atoms with Crippen LogP contribution >= 0.6 is 0 Å². The molecule has 0 aliphatic rings. The number of rotatable bonds is 6. The minimum absolute atomic E-state index is 0.280. The Bertz CT molecular complexity index is 1460. The van der Waals surface area contributed by atoms with Crippen LogP contribution in [0.3, 0.4) is 0 Å². The summed E-state index contributed by atoms with van der Waals surface area (Å²) in [5.74, 6) is 0.221. The van der Waals surface area contributed by atoms with Crippen molar-refractivity contribution in [2.75, 3.05) is 5.73 Å². The van der Waals surface area contributed by atoms with Crippen molar-refractivity contribution >= 4 is 39.6 Å². The van der Waals surface area contributed by atoms with Gasteiger partial charge in [0.05, 0.1) is 17.6 Å². The van der Waals surface area contributed by atoms with E-state index in [9.17, 15) is 4.79 Å². The zero-order valence-corrected chi connectivity index (χ0v) is 19.6. The summed E-state index contributed by atoms with van der Waals surface area (Å²) < 4.78 is 0. The summed E-state index contributed by atoms with van der Waals surface area (Å²) in [7, 11) is 0. The van der Waals surface area contributed by atoms with Crippen molar-refractivity contribution in [3.05, 3.63) is 88.4 Å².